The maximum Gasteiger partial charge on any atom is 0.333 e. The number of nitrogens with zero attached hydrogens (tertiary/aromatic N) is 3. The van der Waals surface area contributed by atoms with Gasteiger partial charge in [-0.2, -0.15) is 8.42 Å². The Morgan fingerprint density at radius 3 is 2.72 bits per heavy atom. The number of rotatable bonds is 6. The first-order valence-electron chi connectivity index (χ1n) is 8.18. The Bertz CT molecular complexity index is 835. The summed E-state index contributed by atoms with van der Waals surface area (Å²) < 4.78 is 31.6. The summed E-state index contributed by atoms with van der Waals surface area (Å²) in [6, 6.07) is 5.82. The largest absolute Gasteiger partial charge is 0.494 e. The van der Waals surface area contributed by atoms with Crippen LogP contribution in [0, 0.1) is 5.92 Å². The summed E-state index contributed by atoms with van der Waals surface area (Å²) in [5.74, 6) is 2.06. The quantitative estimate of drug-likeness (QED) is 0.824. The van der Waals surface area contributed by atoms with Gasteiger partial charge in [0.25, 0.3) is 0 Å². The van der Waals surface area contributed by atoms with Gasteiger partial charge < -0.3 is 9.64 Å². The number of fused-ring (bicyclic) bond motifs is 1. The zero-order valence-electron chi connectivity index (χ0n) is 14.1. The predicted molar refractivity (Wildman–Crippen MR) is 94.7 cm³/mol. The number of anilines is 1. The van der Waals surface area contributed by atoms with Crippen LogP contribution in [0.3, 0.4) is 0 Å². The molecule has 0 atom stereocenters. The molecule has 0 amide bonds. The van der Waals surface area contributed by atoms with Crippen LogP contribution in [0.5, 0.6) is 5.75 Å². The molecule has 0 unspecified atom stereocenters. The molecule has 2 heterocycles. The summed E-state index contributed by atoms with van der Waals surface area (Å²) in [4.78, 5) is 11.0. The number of piperidine rings is 1. The van der Waals surface area contributed by atoms with Gasteiger partial charge in [-0.15, -0.1) is 0 Å². The van der Waals surface area contributed by atoms with Crippen LogP contribution in [-0.2, 0) is 14.5 Å². The molecule has 9 heteroatoms. The molecule has 0 aliphatic carbocycles. The van der Waals surface area contributed by atoms with Crippen LogP contribution in [0.25, 0.3) is 10.9 Å². The molecule has 0 spiro atoms. The van der Waals surface area contributed by atoms with E-state index in [0.29, 0.717) is 12.3 Å². The summed E-state index contributed by atoms with van der Waals surface area (Å²) in [6.45, 7) is 1.84. The van der Waals surface area contributed by atoms with Crippen molar-refractivity contribution in [3.05, 3.63) is 24.5 Å². The Kier molecular flexibility index (Phi) is 5.36. The molecule has 1 aliphatic heterocycles. The van der Waals surface area contributed by atoms with Crippen molar-refractivity contribution in [2.45, 2.75) is 19.3 Å². The van der Waals surface area contributed by atoms with Crippen molar-refractivity contribution in [1.29, 1.82) is 0 Å². The molecule has 25 heavy (non-hydrogen) atoms. The van der Waals surface area contributed by atoms with E-state index in [1.807, 2.05) is 18.2 Å². The van der Waals surface area contributed by atoms with E-state index in [-0.39, 0.29) is 6.61 Å². The number of nitrogens with two attached hydrogens (primary N) is 1. The number of hydrogen-bond acceptors (Lipinski definition) is 7. The summed E-state index contributed by atoms with van der Waals surface area (Å²) >= 11 is 0. The molecular formula is C16H22N4O4S. The molecule has 1 saturated heterocycles. The fraction of sp³-hybridized carbons (Fsp3) is 0.500. The van der Waals surface area contributed by atoms with Crippen LogP contribution in [0.2, 0.25) is 0 Å². The molecule has 3 rings (SSSR count). The molecule has 2 aromatic rings. The first kappa shape index (κ1) is 17.8. The lowest BCUT2D eigenvalue weighted by Crippen LogP contribution is -2.35. The standard InChI is InChI=1S/C16H22N4O4S/c1-23-14-4-2-3-13-15(14)18-11-19-16(13)20-8-5-12(6-9-20)7-10-24-25(17,21)22/h2-4,11-12H,5-10H2,1H3,(H2,17,21,22). The van der Waals surface area contributed by atoms with Crippen molar-refractivity contribution in [2.24, 2.45) is 11.1 Å². The first-order chi connectivity index (χ1) is 12.0. The Morgan fingerprint density at radius 1 is 1.28 bits per heavy atom. The minimum absolute atomic E-state index is 0.136. The van der Waals surface area contributed by atoms with Gasteiger partial charge in [0, 0.05) is 18.5 Å². The Balaban J connectivity index is 1.66. The van der Waals surface area contributed by atoms with Crippen LogP contribution in [-0.4, -0.2) is 45.2 Å². The molecule has 1 aromatic carbocycles. The number of ether oxygens (including phenoxy) is 1. The third-order valence-corrected chi connectivity index (χ3v) is 5.01. The Morgan fingerprint density at radius 2 is 2.04 bits per heavy atom. The summed E-state index contributed by atoms with van der Waals surface area (Å²) in [6.07, 6.45) is 4.14. The highest BCUT2D eigenvalue weighted by Crippen LogP contribution is 2.31. The van der Waals surface area contributed by atoms with E-state index in [0.717, 1.165) is 48.4 Å². The van der Waals surface area contributed by atoms with E-state index < -0.39 is 10.3 Å². The van der Waals surface area contributed by atoms with Crippen LogP contribution < -0.4 is 14.8 Å². The molecule has 8 nitrogen and oxygen atoms in total. The second-order valence-corrected chi connectivity index (χ2v) is 7.31. The number of aromatic nitrogens is 2. The SMILES string of the molecule is COc1cccc2c(N3CCC(CCOS(N)(=O)=O)CC3)ncnc12. The average molecular weight is 366 g/mol. The van der Waals surface area contributed by atoms with Crippen LogP contribution >= 0.6 is 0 Å². The molecule has 1 aromatic heterocycles. The second-order valence-electron chi connectivity index (χ2n) is 6.09. The van der Waals surface area contributed by atoms with E-state index in [4.69, 9.17) is 9.88 Å². The lowest BCUT2D eigenvalue weighted by atomic mass is 9.94. The fourth-order valence-corrected chi connectivity index (χ4v) is 3.56. The van der Waals surface area contributed by atoms with Gasteiger partial charge in [0.15, 0.2) is 0 Å². The minimum Gasteiger partial charge on any atom is -0.494 e. The topological polar surface area (TPSA) is 108 Å². The van der Waals surface area contributed by atoms with Gasteiger partial charge in [-0.3, -0.25) is 4.18 Å². The molecule has 0 saturated carbocycles. The monoisotopic (exact) mass is 366 g/mol. The van der Waals surface area contributed by atoms with E-state index in [1.165, 1.54) is 0 Å². The number of methoxy groups -OCH3 is 1. The lowest BCUT2D eigenvalue weighted by Gasteiger charge is -2.33. The van der Waals surface area contributed by atoms with Gasteiger partial charge in [0.2, 0.25) is 0 Å². The zero-order chi connectivity index (χ0) is 17.9. The molecule has 1 fully saturated rings. The number of para-hydroxylation sites is 1. The number of hydrogen-bond donors (Lipinski definition) is 1. The minimum atomic E-state index is -3.85. The van der Waals surface area contributed by atoms with Crippen LogP contribution in [0.15, 0.2) is 24.5 Å². The van der Waals surface area contributed by atoms with Crippen molar-refractivity contribution >= 4 is 27.0 Å². The van der Waals surface area contributed by atoms with Gasteiger partial charge in [-0.05, 0) is 37.3 Å². The third kappa shape index (κ3) is 4.36. The maximum atomic E-state index is 10.8. The van der Waals surface area contributed by atoms with Crippen molar-refractivity contribution < 1.29 is 17.3 Å². The van der Waals surface area contributed by atoms with E-state index >= 15 is 0 Å². The molecule has 1 aliphatic rings. The Hall–Kier alpha value is -1.97. The first-order valence-corrected chi connectivity index (χ1v) is 9.65. The average Bonchev–Trinajstić information content (AvgIpc) is 2.60. The number of benzene rings is 1. The highest BCUT2D eigenvalue weighted by Gasteiger charge is 2.22. The van der Waals surface area contributed by atoms with E-state index in [2.05, 4.69) is 19.1 Å². The van der Waals surface area contributed by atoms with Gasteiger partial charge in [-0.1, -0.05) is 6.07 Å². The highest BCUT2D eigenvalue weighted by atomic mass is 32.2. The summed E-state index contributed by atoms with van der Waals surface area (Å²) in [5, 5.41) is 5.81. The summed E-state index contributed by atoms with van der Waals surface area (Å²) in [5.41, 5.74) is 0.804. The predicted octanol–water partition coefficient (Wildman–Crippen LogP) is 1.46. The molecule has 0 bridgehead atoms. The van der Waals surface area contributed by atoms with Gasteiger partial charge in [0.05, 0.1) is 13.7 Å². The van der Waals surface area contributed by atoms with Crippen molar-refractivity contribution in [3.8, 4) is 5.75 Å². The van der Waals surface area contributed by atoms with Gasteiger partial charge in [0.1, 0.15) is 23.4 Å². The fourth-order valence-electron chi connectivity index (χ4n) is 3.23. The van der Waals surface area contributed by atoms with Crippen LogP contribution in [0.4, 0.5) is 5.82 Å². The maximum absolute atomic E-state index is 10.8. The van der Waals surface area contributed by atoms with Crippen molar-refractivity contribution in [3.63, 3.8) is 0 Å². The molecule has 2 N–H and O–H groups in total. The van der Waals surface area contributed by atoms with E-state index in [9.17, 15) is 8.42 Å². The van der Waals surface area contributed by atoms with Crippen molar-refractivity contribution in [1.82, 2.24) is 9.97 Å². The highest BCUT2D eigenvalue weighted by molar-refractivity contribution is 7.84. The normalized spacial score (nSPS) is 16.3. The van der Waals surface area contributed by atoms with Gasteiger partial charge in [-0.25, -0.2) is 15.1 Å². The Labute approximate surface area is 147 Å². The van der Waals surface area contributed by atoms with Crippen LogP contribution in [0.1, 0.15) is 19.3 Å². The lowest BCUT2D eigenvalue weighted by molar-refractivity contribution is 0.262. The van der Waals surface area contributed by atoms with Crippen molar-refractivity contribution in [2.75, 3.05) is 31.7 Å². The smallest absolute Gasteiger partial charge is 0.333 e. The van der Waals surface area contributed by atoms with Gasteiger partial charge >= 0.3 is 10.3 Å². The molecular weight excluding hydrogens is 344 g/mol. The second kappa shape index (κ2) is 7.51. The zero-order valence-corrected chi connectivity index (χ0v) is 14.9. The van der Waals surface area contributed by atoms with E-state index in [1.54, 1.807) is 13.4 Å². The molecule has 0 radical (unpaired) electrons. The summed E-state index contributed by atoms with van der Waals surface area (Å²) in [7, 11) is -2.22. The third-order valence-electron chi connectivity index (χ3n) is 4.51. The molecule has 136 valence electrons.